The summed E-state index contributed by atoms with van der Waals surface area (Å²) in [4.78, 5) is 4.03. The van der Waals surface area contributed by atoms with Crippen LogP contribution in [0.25, 0.3) is 0 Å². The lowest BCUT2D eigenvalue weighted by Gasteiger charge is -2.11. The summed E-state index contributed by atoms with van der Waals surface area (Å²) in [6.45, 7) is 6.07. The van der Waals surface area contributed by atoms with Crippen LogP contribution in [-0.2, 0) is 6.42 Å². The largest absolute Gasteiger partial charge is 0.398 e. The minimum atomic E-state index is 0.821. The predicted octanol–water partition coefficient (Wildman–Crippen LogP) is 3.18. The average Bonchev–Trinajstić information content (AvgIpc) is 2.18. The molecule has 0 aromatic heterocycles. The average molecular weight is 206 g/mol. The monoisotopic (exact) mass is 206 g/mol. The van der Waals surface area contributed by atoms with Gasteiger partial charge in [-0.2, -0.15) is 4.99 Å². The van der Waals surface area contributed by atoms with Gasteiger partial charge in [-0.15, -0.1) is 0 Å². The standard InChI is InChI=1S/C11H14N2S/c1-4-9-5-7(2)11(13-6-14)8(3)10(9)12/h5H,4,12H2,1-3H3. The Morgan fingerprint density at radius 2 is 2.14 bits per heavy atom. The van der Waals surface area contributed by atoms with E-state index in [0.29, 0.717) is 0 Å². The van der Waals surface area contributed by atoms with Gasteiger partial charge in [0.2, 0.25) is 0 Å². The number of hydrogen-bond acceptors (Lipinski definition) is 3. The second-order valence-electron chi connectivity index (χ2n) is 3.30. The molecule has 1 aromatic carbocycles. The maximum absolute atomic E-state index is 5.97. The lowest BCUT2D eigenvalue weighted by Crippen LogP contribution is -1.98. The fraction of sp³-hybridized carbons (Fsp3) is 0.364. The zero-order valence-corrected chi connectivity index (χ0v) is 9.53. The number of anilines is 1. The molecule has 0 radical (unpaired) electrons. The number of benzene rings is 1. The highest BCUT2D eigenvalue weighted by Gasteiger charge is 2.08. The van der Waals surface area contributed by atoms with Crippen LogP contribution in [0.3, 0.4) is 0 Å². The lowest BCUT2D eigenvalue weighted by atomic mass is 10.0. The van der Waals surface area contributed by atoms with E-state index in [9.17, 15) is 0 Å². The van der Waals surface area contributed by atoms with E-state index in [1.165, 1.54) is 5.56 Å². The summed E-state index contributed by atoms with van der Waals surface area (Å²) in [5.74, 6) is 0. The summed E-state index contributed by atoms with van der Waals surface area (Å²) >= 11 is 4.60. The van der Waals surface area contributed by atoms with Crippen LogP contribution in [0.4, 0.5) is 11.4 Å². The molecule has 74 valence electrons. The third-order valence-corrected chi connectivity index (χ3v) is 2.50. The summed E-state index contributed by atoms with van der Waals surface area (Å²) < 4.78 is 0. The second kappa shape index (κ2) is 4.36. The highest BCUT2D eigenvalue weighted by molar-refractivity contribution is 7.78. The zero-order valence-electron chi connectivity index (χ0n) is 8.72. The van der Waals surface area contributed by atoms with Crippen molar-refractivity contribution in [2.45, 2.75) is 27.2 Å². The van der Waals surface area contributed by atoms with Gasteiger partial charge in [0, 0.05) is 5.69 Å². The minimum Gasteiger partial charge on any atom is -0.398 e. The van der Waals surface area contributed by atoms with E-state index in [0.717, 1.165) is 28.9 Å². The number of isothiocyanates is 1. The normalized spacial score (nSPS) is 9.64. The number of nitrogen functional groups attached to an aromatic ring is 1. The van der Waals surface area contributed by atoms with Gasteiger partial charge in [0.15, 0.2) is 0 Å². The topological polar surface area (TPSA) is 38.4 Å². The van der Waals surface area contributed by atoms with E-state index in [1.54, 1.807) is 0 Å². The first-order valence-electron chi connectivity index (χ1n) is 4.58. The Labute approximate surface area is 89.9 Å². The van der Waals surface area contributed by atoms with Crippen LogP contribution in [0.2, 0.25) is 0 Å². The highest BCUT2D eigenvalue weighted by atomic mass is 32.1. The molecular formula is C11H14N2S. The number of aryl methyl sites for hydroxylation is 2. The van der Waals surface area contributed by atoms with E-state index in [4.69, 9.17) is 5.73 Å². The molecule has 0 atom stereocenters. The number of thiocarbonyl (C=S) groups is 1. The van der Waals surface area contributed by atoms with Crippen molar-refractivity contribution in [3.05, 3.63) is 22.8 Å². The molecule has 0 amide bonds. The van der Waals surface area contributed by atoms with Crippen molar-refractivity contribution in [1.29, 1.82) is 0 Å². The van der Waals surface area contributed by atoms with E-state index < -0.39 is 0 Å². The minimum absolute atomic E-state index is 0.821. The Kier molecular flexibility index (Phi) is 3.39. The van der Waals surface area contributed by atoms with Crippen LogP contribution < -0.4 is 5.73 Å². The molecular weight excluding hydrogens is 192 g/mol. The first kappa shape index (κ1) is 10.9. The van der Waals surface area contributed by atoms with Gasteiger partial charge in [0.25, 0.3) is 0 Å². The Hall–Kier alpha value is -1.18. The van der Waals surface area contributed by atoms with Gasteiger partial charge in [-0.05, 0) is 49.2 Å². The van der Waals surface area contributed by atoms with Gasteiger partial charge in [-0.1, -0.05) is 13.0 Å². The van der Waals surface area contributed by atoms with Gasteiger partial charge in [0.05, 0.1) is 10.8 Å². The van der Waals surface area contributed by atoms with Crippen molar-refractivity contribution in [3.63, 3.8) is 0 Å². The summed E-state index contributed by atoms with van der Waals surface area (Å²) in [7, 11) is 0. The molecule has 0 saturated carbocycles. The quantitative estimate of drug-likeness (QED) is 0.458. The van der Waals surface area contributed by atoms with Crippen LogP contribution in [-0.4, -0.2) is 5.16 Å². The summed E-state index contributed by atoms with van der Waals surface area (Å²) in [6, 6.07) is 2.06. The maximum Gasteiger partial charge on any atom is 0.0818 e. The first-order chi connectivity index (χ1) is 6.61. The van der Waals surface area contributed by atoms with E-state index >= 15 is 0 Å². The number of nitrogens with two attached hydrogens (primary N) is 1. The molecule has 0 aliphatic heterocycles. The van der Waals surface area contributed by atoms with E-state index in [2.05, 4.69) is 35.4 Å². The Bertz CT molecular complexity index is 404. The molecule has 0 aliphatic rings. The first-order valence-corrected chi connectivity index (χ1v) is 4.99. The van der Waals surface area contributed by atoms with Gasteiger partial charge < -0.3 is 5.73 Å². The van der Waals surface area contributed by atoms with E-state index in [1.807, 2.05) is 13.8 Å². The van der Waals surface area contributed by atoms with Crippen molar-refractivity contribution in [1.82, 2.24) is 0 Å². The molecule has 1 rings (SSSR count). The van der Waals surface area contributed by atoms with Gasteiger partial charge >= 0.3 is 0 Å². The molecule has 3 heteroatoms. The zero-order chi connectivity index (χ0) is 10.7. The third-order valence-electron chi connectivity index (χ3n) is 2.41. The number of nitrogens with zero attached hydrogens (tertiary/aromatic N) is 1. The summed E-state index contributed by atoms with van der Waals surface area (Å²) in [5, 5.41) is 2.38. The van der Waals surface area contributed by atoms with Crippen LogP contribution in [0.1, 0.15) is 23.6 Å². The SMILES string of the molecule is CCc1cc(C)c(N=C=S)c(C)c1N. The van der Waals surface area contributed by atoms with Crippen LogP contribution in [0, 0.1) is 13.8 Å². The fourth-order valence-corrected chi connectivity index (χ4v) is 1.67. The molecule has 0 saturated heterocycles. The number of rotatable bonds is 2. The van der Waals surface area contributed by atoms with Crippen molar-refractivity contribution in [2.75, 3.05) is 5.73 Å². The van der Waals surface area contributed by atoms with Gasteiger partial charge in [0.1, 0.15) is 0 Å². The fourth-order valence-electron chi connectivity index (χ4n) is 1.58. The highest BCUT2D eigenvalue weighted by Crippen LogP contribution is 2.31. The van der Waals surface area contributed by atoms with Crippen molar-refractivity contribution >= 4 is 28.8 Å². The molecule has 0 bridgehead atoms. The van der Waals surface area contributed by atoms with E-state index in [-0.39, 0.29) is 0 Å². The van der Waals surface area contributed by atoms with Crippen LogP contribution >= 0.6 is 12.2 Å². The van der Waals surface area contributed by atoms with Crippen molar-refractivity contribution in [3.8, 4) is 0 Å². The van der Waals surface area contributed by atoms with Crippen molar-refractivity contribution < 1.29 is 0 Å². The Morgan fingerprint density at radius 3 is 2.64 bits per heavy atom. The van der Waals surface area contributed by atoms with Crippen molar-refractivity contribution in [2.24, 2.45) is 4.99 Å². The smallest absolute Gasteiger partial charge is 0.0818 e. The Morgan fingerprint density at radius 1 is 1.50 bits per heavy atom. The summed E-state index contributed by atoms with van der Waals surface area (Å²) in [6.07, 6.45) is 0.940. The molecule has 2 nitrogen and oxygen atoms in total. The Balaban J connectivity index is 3.48. The predicted molar refractivity (Wildman–Crippen MR) is 64.4 cm³/mol. The van der Waals surface area contributed by atoms with Crippen LogP contribution in [0.5, 0.6) is 0 Å². The molecule has 1 aromatic rings. The molecule has 0 heterocycles. The maximum atomic E-state index is 5.97. The second-order valence-corrected chi connectivity index (χ2v) is 3.48. The van der Waals surface area contributed by atoms with Gasteiger partial charge in [-0.25, -0.2) is 0 Å². The third kappa shape index (κ3) is 1.84. The number of aliphatic imine (C=N–C) groups is 1. The molecule has 0 spiro atoms. The molecule has 0 unspecified atom stereocenters. The molecule has 2 N–H and O–H groups in total. The molecule has 0 fully saturated rings. The van der Waals surface area contributed by atoms with Crippen LogP contribution in [0.15, 0.2) is 11.1 Å². The molecule has 0 aliphatic carbocycles. The number of hydrogen-bond donors (Lipinski definition) is 1. The lowest BCUT2D eigenvalue weighted by molar-refractivity contribution is 1.12. The summed E-state index contributed by atoms with van der Waals surface area (Å²) in [5.41, 5.74) is 10.9. The van der Waals surface area contributed by atoms with Gasteiger partial charge in [-0.3, -0.25) is 0 Å². The molecule has 14 heavy (non-hydrogen) atoms.